The van der Waals surface area contributed by atoms with Crippen LogP contribution in [0.25, 0.3) is 11.2 Å². The van der Waals surface area contributed by atoms with E-state index in [1.54, 1.807) is 0 Å². The standard InChI is InChI=1S/C18H26N4O2/c1-12-7-8-14-16(19-12)22(13-6-5-9-24-11-13)17(20-14)21-15(23)10-18(2,3)4/h7-8,13H,5-6,9-11H2,1-4H3,(H,20,21,23). The second-order valence-electron chi connectivity index (χ2n) is 7.76. The summed E-state index contributed by atoms with van der Waals surface area (Å²) in [6, 6.07) is 4.05. The van der Waals surface area contributed by atoms with Gasteiger partial charge < -0.3 is 4.74 Å². The van der Waals surface area contributed by atoms with Gasteiger partial charge in [0.2, 0.25) is 11.9 Å². The van der Waals surface area contributed by atoms with Gasteiger partial charge in [0, 0.05) is 18.7 Å². The first-order valence-electron chi connectivity index (χ1n) is 8.57. The van der Waals surface area contributed by atoms with E-state index in [-0.39, 0.29) is 17.4 Å². The Balaban J connectivity index is 1.97. The molecule has 1 N–H and O–H groups in total. The fraction of sp³-hybridized carbons (Fsp3) is 0.611. The van der Waals surface area contributed by atoms with Crippen LogP contribution in [-0.2, 0) is 9.53 Å². The highest BCUT2D eigenvalue weighted by Gasteiger charge is 2.25. The zero-order chi connectivity index (χ0) is 17.3. The number of aryl methyl sites for hydroxylation is 1. The Labute approximate surface area is 142 Å². The van der Waals surface area contributed by atoms with Crippen molar-refractivity contribution in [1.29, 1.82) is 0 Å². The molecule has 1 aliphatic heterocycles. The number of rotatable bonds is 3. The molecule has 1 aliphatic rings. The molecule has 6 heteroatoms. The molecule has 0 bridgehead atoms. The molecule has 1 amide bonds. The van der Waals surface area contributed by atoms with E-state index < -0.39 is 0 Å². The Bertz CT molecular complexity index is 739. The van der Waals surface area contributed by atoms with E-state index in [0.29, 0.717) is 19.0 Å². The molecular weight excluding hydrogens is 304 g/mol. The second kappa shape index (κ2) is 6.51. The lowest BCUT2D eigenvalue weighted by molar-refractivity contribution is -0.117. The number of aromatic nitrogens is 3. The Morgan fingerprint density at radius 2 is 2.17 bits per heavy atom. The van der Waals surface area contributed by atoms with Crippen molar-refractivity contribution >= 4 is 23.0 Å². The average Bonchev–Trinajstić information content (AvgIpc) is 2.83. The molecule has 0 aromatic carbocycles. The van der Waals surface area contributed by atoms with Crippen LogP contribution in [0.3, 0.4) is 0 Å². The first-order valence-corrected chi connectivity index (χ1v) is 8.57. The normalized spacial score (nSPS) is 18.8. The third-order valence-electron chi connectivity index (χ3n) is 4.12. The van der Waals surface area contributed by atoms with Crippen molar-refractivity contribution in [3.8, 4) is 0 Å². The summed E-state index contributed by atoms with van der Waals surface area (Å²) in [6.07, 6.45) is 2.46. The number of carbonyl (C=O) groups is 1. The van der Waals surface area contributed by atoms with E-state index in [2.05, 4.69) is 36.1 Å². The number of nitrogens with one attached hydrogen (secondary N) is 1. The number of anilines is 1. The second-order valence-corrected chi connectivity index (χ2v) is 7.76. The van der Waals surface area contributed by atoms with E-state index in [0.717, 1.165) is 36.3 Å². The van der Waals surface area contributed by atoms with Crippen molar-refractivity contribution in [3.63, 3.8) is 0 Å². The third-order valence-corrected chi connectivity index (χ3v) is 4.12. The van der Waals surface area contributed by atoms with Crippen molar-refractivity contribution in [2.75, 3.05) is 18.5 Å². The molecule has 130 valence electrons. The van der Waals surface area contributed by atoms with Crippen LogP contribution >= 0.6 is 0 Å². The van der Waals surface area contributed by atoms with Crippen LogP contribution in [0, 0.1) is 12.3 Å². The van der Waals surface area contributed by atoms with Gasteiger partial charge in [-0.05, 0) is 37.3 Å². The smallest absolute Gasteiger partial charge is 0.227 e. The highest BCUT2D eigenvalue weighted by atomic mass is 16.5. The Morgan fingerprint density at radius 3 is 2.83 bits per heavy atom. The number of hydrogen-bond donors (Lipinski definition) is 1. The molecule has 0 saturated carbocycles. The SMILES string of the molecule is Cc1ccc2nc(NC(=O)CC(C)(C)C)n(C3CCCOC3)c2n1. The Morgan fingerprint density at radius 1 is 1.38 bits per heavy atom. The monoisotopic (exact) mass is 330 g/mol. The number of ether oxygens (including phenoxy) is 1. The number of amides is 1. The van der Waals surface area contributed by atoms with Gasteiger partial charge in [0.05, 0.1) is 12.6 Å². The maximum absolute atomic E-state index is 12.4. The molecule has 6 nitrogen and oxygen atoms in total. The molecule has 2 aromatic heterocycles. The maximum Gasteiger partial charge on any atom is 0.227 e. The van der Waals surface area contributed by atoms with Crippen LogP contribution in [0.15, 0.2) is 12.1 Å². The van der Waals surface area contributed by atoms with Crippen molar-refractivity contribution in [2.45, 2.75) is 53.0 Å². The molecule has 1 fully saturated rings. The zero-order valence-electron chi connectivity index (χ0n) is 14.9. The summed E-state index contributed by atoms with van der Waals surface area (Å²) in [7, 11) is 0. The minimum Gasteiger partial charge on any atom is -0.379 e. The first kappa shape index (κ1) is 16.9. The minimum absolute atomic E-state index is 0.0208. The molecule has 24 heavy (non-hydrogen) atoms. The molecule has 0 spiro atoms. The van der Waals surface area contributed by atoms with E-state index >= 15 is 0 Å². The van der Waals surface area contributed by atoms with Gasteiger partial charge >= 0.3 is 0 Å². The van der Waals surface area contributed by atoms with E-state index in [9.17, 15) is 4.79 Å². The largest absolute Gasteiger partial charge is 0.379 e. The molecule has 1 unspecified atom stereocenters. The van der Waals surface area contributed by atoms with E-state index in [1.165, 1.54) is 0 Å². The number of pyridine rings is 1. The summed E-state index contributed by atoms with van der Waals surface area (Å²) in [5.41, 5.74) is 2.49. The minimum atomic E-state index is -0.0658. The summed E-state index contributed by atoms with van der Waals surface area (Å²) < 4.78 is 7.68. The van der Waals surface area contributed by atoms with Gasteiger partial charge in [-0.1, -0.05) is 20.8 Å². The molecule has 3 rings (SSSR count). The van der Waals surface area contributed by atoms with Gasteiger partial charge in [-0.2, -0.15) is 0 Å². The number of carbonyl (C=O) groups excluding carboxylic acids is 1. The average molecular weight is 330 g/mol. The number of hydrogen-bond acceptors (Lipinski definition) is 4. The fourth-order valence-corrected chi connectivity index (χ4v) is 3.08. The topological polar surface area (TPSA) is 69.0 Å². The van der Waals surface area contributed by atoms with Gasteiger partial charge in [0.1, 0.15) is 5.52 Å². The molecule has 1 saturated heterocycles. The molecule has 2 aromatic rings. The molecule has 0 aliphatic carbocycles. The molecule has 1 atom stereocenters. The molecule has 0 radical (unpaired) electrons. The van der Waals surface area contributed by atoms with Crippen molar-refractivity contribution in [2.24, 2.45) is 5.41 Å². The lowest BCUT2D eigenvalue weighted by Gasteiger charge is -2.25. The maximum atomic E-state index is 12.4. The van der Waals surface area contributed by atoms with Gasteiger partial charge in [-0.3, -0.25) is 14.7 Å². The van der Waals surface area contributed by atoms with E-state index in [1.807, 2.05) is 23.6 Å². The van der Waals surface area contributed by atoms with Crippen molar-refractivity contribution in [1.82, 2.24) is 14.5 Å². The predicted octanol–water partition coefficient (Wildman–Crippen LogP) is 3.47. The van der Waals surface area contributed by atoms with E-state index in [4.69, 9.17) is 4.74 Å². The van der Waals surface area contributed by atoms with Gasteiger partial charge in [-0.25, -0.2) is 9.97 Å². The number of fused-ring (bicyclic) bond motifs is 1. The van der Waals surface area contributed by atoms with Crippen molar-refractivity contribution in [3.05, 3.63) is 17.8 Å². The summed E-state index contributed by atoms with van der Waals surface area (Å²) in [5, 5.41) is 2.99. The van der Waals surface area contributed by atoms with Crippen LogP contribution in [0.2, 0.25) is 0 Å². The summed E-state index contributed by atoms with van der Waals surface area (Å²) >= 11 is 0. The Kier molecular flexibility index (Phi) is 4.58. The number of imidazole rings is 1. The van der Waals surface area contributed by atoms with Crippen LogP contribution in [-0.4, -0.2) is 33.7 Å². The zero-order valence-corrected chi connectivity index (χ0v) is 14.9. The van der Waals surface area contributed by atoms with Gasteiger partial charge in [-0.15, -0.1) is 0 Å². The first-order chi connectivity index (χ1) is 11.3. The lowest BCUT2D eigenvalue weighted by Crippen LogP contribution is -2.26. The lowest BCUT2D eigenvalue weighted by atomic mass is 9.92. The predicted molar refractivity (Wildman–Crippen MR) is 94.1 cm³/mol. The fourth-order valence-electron chi connectivity index (χ4n) is 3.08. The highest BCUT2D eigenvalue weighted by Crippen LogP contribution is 2.29. The van der Waals surface area contributed by atoms with Crippen LogP contribution in [0.5, 0.6) is 0 Å². The van der Waals surface area contributed by atoms with Gasteiger partial charge in [0.15, 0.2) is 5.65 Å². The summed E-state index contributed by atoms with van der Waals surface area (Å²) in [6.45, 7) is 9.54. The Hall–Kier alpha value is -1.95. The third kappa shape index (κ3) is 3.75. The van der Waals surface area contributed by atoms with Crippen LogP contribution < -0.4 is 5.32 Å². The molecular formula is C18H26N4O2. The quantitative estimate of drug-likeness (QED) is 0.935. The summed E-state index contributed by atoms with van der Waals surface area (Å²) in [5.74, 6) is 0.556. The highest BCUT2D eigenvalue weighted by molar-refractivity contribution is 5.91. The van der Waals surface area contributed by atoms with Gasteiger partial charge in [0.25, 0.3) is 0 Å². The van der Waals surface area contributed by atoms with Crippen molar-refractivity contribution < 1.29 is 9.53 Å². The van der Waals surface area contributed by atoms with Crippen LogP contribution in [0.4, 0.5) is 5.95 Å². The van der Waals surface area contributed by atoms with Crippen LogP contribution in [0.1, 0.15) is 51.8 Å². The molecule has 3 heterocycles. The number of nitrogens with zero attached hydrogens (tertiary/aromatic N) is 3. The summed E-state index contributed by atoms with van der Waals surface area (Å²) in [4.78, 5) is 21.6.